The van der Waals surface area contributed by atoms with Gasteiger partial charge < -0.3 is 9.84 Å². The number of carboxylic acid groups (broad SMARTS) is 1. The molecule has 0 heterocycles. The Morgan fingerprint density at radius 3 is 2.48 bits per heavy atom. The van der Waals surface area contributed by atoms with Crippen molar-refractivity contribution in [1.29, 1.82) is 0 Å². The van der Waals surface area contributed by atoms with Crippen LogP contribution < -0.4 is 10.2 Å². The molecule has 2 aromatic rings. The highest BCUT2D eigenvalue weighted by molar-refractivity contribution is 5.88. The summed E-state index contributed by atoms with van der Waals surface area (Å²) in [5.74, 6) is -1.38. The number of hydrogen-bond acceptors (Lipinski definition) is 4. The summed E-state index contributed by atoms with van der Waals surface area (Å²) in [6, 6.07) is 11.2. The number of rotatable bonds is 5. The molecular formula is C15H11F3N2O3. The maximum Gasteiger partial charge on any atom is 0.573 e. The minimum Gasteiger partial charge on any atom is -0.478 e. The van der Waals surface area contributed by atoms with E-state index in [0.717, 1.165) is 0 Å². The maximum atomic E-state index is 12.0. The Hall–Kier alpha value is -3.03. The zero-order valence-electron chi connectivity index (χ0n) is 11.5. The lowest BCUT2D eigenvalue weighted by molar-refractivity contribution is -0.274. The van der Waals surface area contributed by atoms with Crippen LogP contribution in [0.4, 0.5) is 18.9 Å². The second-order valence-electron chi connectivity index (χ2n) is 4.37. The van der Waals surface area contributed by atoms with Gasteiger partial charge in [0.05, 0.1) is 17.5 Å². The Morgan fingerprint density at radius 2 is 1.87 bits per heavy atom. The number of carboxylic acids is 1. The Bertz CT molecular complexity index is 713. The first-order valence-corrected chi connectivity index (χ1v) is 6.32. The first-order chi connectivity index (χ1) is 10.8. The van der Waals surface area contributed by atoms with Crippen molar-refractivity contribution < 1.29 is 27.8 Å². The summed E-state index contributed by atoms with van der Waals surface area (Å²) >= 11 is 0. The molecule has 0 amide bonds. The lowest BCUT2D eigenvalue weighted by Crippen LogP contribution is -2.17. The van der Waals surface area contributed by atoms with Gasteiger partial charge in [0, 0.05) is 0 Å². The molecule has 0 saturated heterocycles. The molecule has 5 nitrogen and oxygen atoms in total. The topological polar surface area (TPSA) is 70.9 Å². The number of carbonyl (C=O) groups is 1. The lowest BCUT2D eigenvalue weighted by atomic mass is 10.2. The number of alkyl halides is 3. The van der Waals surface area contributed by atoms with Crippen molar-refractivity contribution in [3.63, 3.8) is 0 Å². The fraction of sp³-hybridized carbons (Fsp3) is 0.0667. The Morgan fingerprint density at radius 1 is 1.17 bits per heavy atom. The highest BCUT2D eigenvalue weighted by atomic mass is 19.4. The largest absolute Gasteiger partial charge is 0.573 e. The van der Waals surface area contributed by atoms with Gasteiger partial charge in [0.1, 0.15) is 5.75 Å². The fourth-order valence-electron chi connectivity index (χ4n) is 1.66. The quantitative estimate of drug-likeness (QED) is 0.649. The van der Waals surface area contributed by atoms with Gasteiger partial charge in [-0.1, -0.05) is 6.07 Å². The monoisotopic (exact) mass is 324 g/mol. The number of hydrazone groups is 1. The number of ether oxygens (including phenoxy) is 1. The van der Waals surface area contributed by atoms with Gasteiger partial charge >= 0.3 is 12.3 Å². The zero-order valence-corrected chi connectivity index (χ0v) is 11.5. The van der Waals surface area contributed by atoms with Gasteiger partial charge in [-0.2, -0.15) is 5.10 Å². The Balaban J connectivity index is 1.98. The predicted molar refractivity (Wildman–Crippen MR) is 77.7 cm³/mol. The van der Waals surface area contributed by atoms with Crippen LogP contribution in [0.1, 0.15) is 15.9 Å². The van der Waals surface area contributed by atoms with Crippen molar-refractivity contribution in [3.8, 4) is 5.75 Å². The SMILES string of the molecule is O=C(O)c1cccc(N/N=C/c2ccc(OC(F)(F)F)cc2)c1. The second-order valence-corrected chi connectivity index (χ2v) is 4.37. The smallest absolute Gasteiger partial charge is 0.478 e. The van der Waals surface area contributed by atoms with E-state index >= 15 is 0 Å². The van der Waals surface area contributed by atoms with Crippen molar-refractivity contribution >= 4 is 17.9 Å². The standard InChI is InChI=1S/C15H11F3N2O3/c16-15(17,18)23-13-6-4-10(5-7-13)9-19-20-12-3-1-2-11(8-12)14(21)22/h1-9,20H,(H,21,22)/b19-9+. The van der Waals surface area contributed by atoms with Crippen molar-refractivity contribution in [2.45, 2.75) is 6.36 Å². The highest BCUT2D eigenvalue weighted by Crippen LogP contribution is 2.22. The number of hydrogen-bond donors (Lipinski definition) is 2. The van der Waals surface area contributed by atoms with Gasteiger partial charge in [0.2, 0.25) is 0 Å². The summed E-state index contributed by atoms with van der Waals surface area (Å²) in [6.07, 6.45) is -3.35. The third kappa shape index (κ3) is 5.34. The Kier molecular flexibility index (Phi) is 4.85. The Labute approximate surface area is 129 Å². The first kappa shape index (κ1) is 16.3. The van der Waals surface area contributed by atoms with Gasteiger partial charge in [0.25, 0.3) is 0 Å². The molecule has 0 fully saturated rings. The van der Waals surface area contributed by atoms with Crippen LogP contribution in [0, 0.1) is 0 Å². The van der Waals surface area contributed by atoms with E-state index in [2.05, 4.69) is 15.3 Å². The molecule has 23 heavy (non-hydrogen) atoms. The van der Waals surface area contributed by atoms with E-state index in [1.807, 2.05) is 0 Å². The van der Waals surface area contributed by atoms with Crippen LogP contribution in [-0.4, -0.2) is 23.7 Å². The molecule has 2 rings (SSSR count). The number of nitrogens with one attached hydrogen (secondary N) is 1. The lowest BCUT2D eigenvalue weighted by Gasteiger charge is -2.08. The average Bonchev–Trinajstić information content (AvgIpc) is 2.48. The molecule has 0 aliphatic rings. The minimum atomic E-state index is -4.73. The molecule has 2 aromatic carbocycles. The summed E-state index contributed by atoms with van der Waals surface area (Å²) in [4.78, 5) is 10.8. The molecule has 0 aliphatic heterocycles. The number of anilines is 1. The number of halogens is 3. The molecule has 0 radical (unpaired) electrons. The van der Waals surface area contributed by atoms with E-state index in [-0.39, 0.29) is 11.3 Å². The summed E-state index contributed by atoms with van der Waals surface area (Å²) in [5.41, 5.74) is 3.76. The summed E-state index contributed by atoms with van der Waals surface area (Å²) < 4.78 is 39.8. The molecule has 0 unspecified atom stereocenters. The molecule has 0 spiro atoms. The molecule has 0 saturated carbocycles. The third-order valence-electron chi connectivity index (χ3n) is 2.63. The molecule has 0 aromatic heterocycles. The van der Waals surface area contributed by atoms with Crippen molar-refractivity contribution in [2.24, 2.45) is 5.10 Å². The molecule has 8 heteroatoms. The van der Waals surface area contributed by atoms with Crippen LogP contribution in [0.15, 0.2) is 53.6 Å². The van der Waals surface area contributed by atoms with Gasteiger partial charge in [-0.05, 0) is 48.0 Å². The minimum absolute atomic E-state index is 0.110. The van der Waals surface area contributed by atoms with E-state index in [1.54, 1.807) is 12.1 Å². The summed E-state index contributed by atoms with van der Waals surface area (Å²) in [7, 11) is 0. The average molecular weight is 324 g/mol. The van der Waals surface area contributed by atoms with E-state index in [4.69, 9.17) is 5.11 Å². The summed E-state index contributed by atoms with van der Waals surface area (Å²) in [5, 5.41) is 12.7. The molecule has 0 atom stereocenters. The van der Waals surface area contributed by atoms with Crippen LogP contribution in [0.3, 0.4) is 0 Å². The number of aromatic carboxylic acids is 1. The van der Waals surface area contributed by atoms with E-state index < -0.39 is 12.3 Å². The molecule has 2 N–H and O–H groups in total. The van der Waals surface area contributed by atoms with Crippen LogP contribution in [0.5, 0.6) is 5.75 Å². The zero-order chi connectivity index (χ0) is 16.9. The fourth-order valence-corrected chi connectivity index (χ4v) is 1.66. The number of benzene rings is 2. The maximum absolute atomic E-state index is 12.0. The van der Waals surface area contributed by atoms with Crippen LogP contribution in [0.25, 0.3) is 0 Å². The molecule has 0 bridgehead atoms. The number of nitrogens with zero attached hydrogens (tertiary/aromatic N) is 1. The first-order valence-electron chi connectivity index (χ1n) is 6.32. The normalized spacial score (nSPS) is 11.4. The molecule has 0 aliphatic carbocycles. The third-order valence-corrected chi connectivity index (χ3v) is 2.63. The van der Waals surface area contributed by atoms with Gasteiger partial charge in [-0.25, -0.2) is 4.79 Å². The summed E-state index contributed by atoms with van der Waals surface area (Å²) in [6.45, 7) is 0. The van der Waals surface area contributed by atoms with Crippen molar-refractivity contribution in [1.82, 2.24) is 0 Å². The van der Waals surface area contributed by atoms with E-state index in [9.17, 15) is 18.0 Å². The van der Waals surface area contributed by atoms with Crippen molar-refractivity contribution in [3.05, 3.63) is 59.7 Å². The van der Waals surface area contributed by atoms with Crippen molar-refractivity contribution in [2.75, 3.05) is 5.43 Å². The van der Waals surface area contributed by atoms with Crippen LogP contribution in [0.2, 0.25) is 0 Å². The van der Waals surface area contributed by atoms with Gasteiger partial charge in [-0.15, -0.1) is 13.2 Å². The van der Waals surface area contributed by atoms with Crippen LogP contribution >= 0.6 is 0 Å². The predicted octanol–water partition coefficient (Wildman–Crippen LogP) is 3.73. The van der Waals surface area contributed by atoms with E-state index in [0.29, 0.717) is 11.3 Å². The molecular weight excluding hydrogens is 313 g/mol. The van der Waals surface area contributed by atoms with Crippen LogP contribution in [-0.2, 0) is 0 Å². The van der Waals surface area contributed by atoms with E-state index in [1.165, 1.54) is 42.6 Å². The molecule has 120 valence electrons. The second kappa shape index (κ2) is 6.82. The van der Waals surface area contributed by atoms with Gasteiger partial charge in [0.15, 0.2) is 0 Å². The van der Waals surface area contributed by atoms with Gasteiger partial charge in [-0.3, -0.25) is 5.43 Å². The highest BCUT2D eigenvalue weighted by Gasteiger charge is 2.30.